The van der Waals surface area contributed by atoms with Gasteiger partial charge in [-0.3, -0.25) is 4.90 Å². The Labute approximate surface area is 108 Å². The third-order valence-electron chi connectivity index (χ3n) is 4.00. The van der Waals surface area contributed by atoms with Gasteiger partial charge in [-0.1, -0.05) is 13.8 Å². The molecule has 0 aliphatic carbocycles. The minimum absolute atomic E-state index is 0.262. The van der Waals surface area contributed by atoms with Crippen molar-refractivity contribution < 1.29 is 4.39 Å². The number of nitrogens with zero attached hydrogens (tertiary/aromatic N) is 2. The standard InChI is InChI=1S/C15H19FN2/c1-11-5-6-18(9-12(11)2)10-14-7-15(16)4-3-13(14)8-17/h3-4,7,11-12H,5-6,9-10H2,1-2H3. The summed E-state index contributed by atoms with van der Waals surface area (Å²) < 4.78 is 13.2. The molecule has 1 saturated heterocycles. The molecule has 2 nitrogen and oxygen atoms in total. The van der Waals surface area contributed by atoms with Crippen LogP contribution in [-0.2, 0) is 6.54 Å². The van der Waals surface area contributed by atoms with Crippen molar-refractivity contribution in [3.05, 3.63) is 35.1 Å². The maximum Gasteiger partial charge on any atom is 0.123 e. The van der Waals surface area contributed by atoms with E-state index in [9.17, 15) is 4.39 Å². The number of piperidine rings is 1. The molecule has 1 aromatic rings. The molecule has 2 rings (SSSR count). The van der Waals surface area contributed by atoms with Crippen LogP contribution >= 0.6 is 0 Å². The topological polar surface area (TPSA) is 27.0 Å². The molecular weight excluding hydrogens is 227 g/mol. The van der Waals surface area contributed by atoms with Crippen LogP contribution in [0.15, 0.2) is 18.2 Å². The van der Waals surface area contributed by atoms with Gasteiger partial charge in [-0.15, -0.1) is 0 Å². The van der Waals surface area contributed by atoms with E-state index in [1.165, 1.54) is 18.6 Å². The molecule has 1 heterocycles. The summed E-state index contributed by atoms with van der Waals surface area (Å²) in [6.45, 7) is 7.28. The zero-order chi connectivity index (χ0) is 13.1. The van der Waals surface area contributed by atoms with Gasteiger partial charge in [0.25, 0.3) is 0 Å². The molecule has 0 N–H and O–H groups in total. The summed E-state index contributed by atoms with van der Waals surface area (Å²) in [5.41, 5.74) is 1.39. The van der Waals surface area contributed by atoms with Crippen LogP contribution in [0.3, 0.4) is 0 Å². The highest BCUT2D eigenvalue weighted by atomic mass is 19.1. The van der Waals surface area contributed by atoms with Crippen molar-refractivity contribution in [2.24, 2.45) is 11.8 Å². The van der Waals surface area contributed by atoms with Crippen LogP contribution in [0.4, 0.5) is 4.39 Å². The Morgan fingerprint density at radius 3 is 2.83 bits per heavy atom. The van der Waals surface area contributed by atoms with Crippen LogP contribution in [0, 0.1) is 29.0 Å². The average molecular weight is 246 g/mol. The zero-order valence-corrected chi connectivity index (χ0v) is 11.0. The average Bonchev–Trinajstić information content (AvgIpc) is 2.34. The van der Waals surface area contributed by atoms with Crippen molar-refractivity contribution in [1.82, 2.24) is 4.90 Å². The van der Waals surface area contributed by atoms with E-state index < -0.39 is 0 Å². The second kappa shape index (κ2) is 5.49. The largest absolute Gasteiger partial charge is 0.299 e. The SMILES string of the molecule is CC1CCN(Cc2cc(F)ccc2C#N)CC1C. The highest BCUT2D eigenvalue weighted by Crippen LogP contribution is 2.24. The minimum atomic E-state index is -0.262. The Morgan fingerprint density at radius 1 is 1.39 bits per heavy atom. The molecule has 18 heavy (non-hydrogen) atoms. The molecule has 0 bridgehead atoms. The lowest BCUT2D eigenvalue weighted by Gasteiger charge is -2.35. The molecule has 96 valence electrons. The first-order valence-corrected chi connectivity index (χ1v) is 6.51. The number of nitriles is 1. The van der Waals surface area contributed by atoms with Gasteiger partial charge in [0.15, 0.2) is 0 Å². The fourth-order valence-corrected chi connectivity index (χ4v) is 2.54. The maximum absolute atomic E-state index is 13.2. The van der Waals surface area contributed by atoms with Crippen LogP contribution in [-0.4, -0.2) is 18.0 Å². The molecule has 1 aromatic carbocycles. The van der Waals surface area contributed by atoms with E-state index in [0.29, 0.717) is 18.0 Å². The fraction of sp³-hybridized carbons (Fsp3) is 0.533. The molecular formula is C15H19FN2. The normalized spacial score (nSPS) is 24.8. The number of hydrogen-bond donors (Lipinski definition) is 0. The van der Waals surface area contributed by atoms with E-state index in [-0.39, 0.29) is 5.82 Å². The summed E-state index contributed by atoms with van der Waals surface area (Å²) in [6, 6.07) is 6.55. The van der Waals surface area contributed by atoms with Gasteiger partial charge in [-0.2, -0.15) is 5.26 Å². The van der Waals surface area contributed by atoms with Gasteiger partial charge < -0.3 is 0 Å². The van der Waals surface area contributed by atoms with Crippen molar-refractivity contribution in [3.63, 3.8) is 0 Å². The Hall–Kier alpha value is -1.40. The summed E-state index contributed by atoms with van der Waals surface area (Å²) in [5, 5.41) is 9.04. The van der Waals surface area contributed by atoms with Crippen LogP contribution in [0.1, 0.15) is 31.4 Å². The second-order valence-corrected chi connectivity index (χ2v) is 5.39. The van der Waals surface area contributed by atoms with Gasteiger partial charge in [0.1, 0.15) is 5.82 Å². The predicted octanol–water partition coefficient (Wildman–Crippen LogP) is 3.18. The van der Waals surface area contributed by atoms with E-state index in [0.717, 1.165) is 24.6 Å². The molecule has 1 fully saturated rings. The molecule has 0 aromatic heterocycles. The molecule has 0 radical (unpaired) electrons. The smallest absolute Gasteiger partial charge is 0.123 e. The van der Waals surface area contributed by atoms with Crippen molar-refractivity contribution in [1.29, 1.82) is 5.26 Å². The number of hydrogen-bond acceptors (Lipinski definition) is 2. The molecule has 2 atom stereocenters. The summed E-state index contributed by atoms with van der Waals surface area (Å²) in [5.74, 6) is 1.16. The molecule has 1 aliphatic rings. The van der Waals surface area contributed by atoms with Gasteiger partial charge in [-0.05, 0) is 48.6 Å². The van der Waals surface area contributed by atoms with Gasteiger partial charge in [0, 0.05) is 13.1 Å². The predicted molar refractivity (Wildman–Crippen MR) is 69.3 cm³/mol. The Morgan fingerprint density at radius 2 is 2.17 bits per heavy atom. The van der Waals surface area contributed by atoms with E-state index in [1.54, 1.807) is 6.07 Å². The number of halogens is 1. The third kappa shape index (κ3) is 2.88. The van der Waals surface area contributed by atoms with E-state index in [2.05, 4.69) is 24.8 Å². The maximum atomic E-state index is 13.2. The highest BCUT2D eigenvalue weighted by molar-refractivity contribution is 5.37. The van der Waals surface area contributed by atoms with Crippen molar-refractivity contribution in [2.75, 3.05) is 13.1 Å². The highest BCUT2D eigenvalue weighted by Gasteiger charge is 2.23. The second-order valence-electron chi connectivity index (χ2n) is 5.39. The van der Waals surface area contributed by atoms with E-state index in [4.69, 9.17) is 5.26 Å². The van der Waals surface area contributed by atoms with Crippen molar-refractivity contribution in [3.8, 4) is 6.07 Å². The number of benzene rings is 1. The summed E-state index contributed by atoms with van der Waals surface area (Å²) in [4.78, 5) is 2.32. The Balaban J connectivity index is 2.10. The zero-order valence-electron chi connectivity index (χ0n) is 11.0. The molecule has 3 heteroatoms. The quantitative estimate of drug-likeness (QED) is 0.801. The van der Waals surface area contributed by atoms with Gasteiger partial charge in [-0.25, -0.2) is 4.39 Å². The minimum Gasteiger partial charge on any atom is -0.299 e. The van der Waals surface area contributed by atoms with E-state index >= 15 is 0 Å². The summed E-state index contributed by atoms with van der Waals surface area (Å²) in [6.07, 6.45) is 1.18. The molecule has 2 unspecified atom stereocenters. The van der Waals surface area contributed by atoms with Crippen LogP contribution in [0.25, 0.3) is 0 Å². The van der Waals surface area contributed by atoms with E-state index in [1.807, 2.05) is 0 Å². The Kier molecular flexibility index (Phi) is 3.98. The lowest BCUT2D eigenvalue weighted by atomic mass is 9.88. The van der Waals surface area contributed by atoms with Crippen LogP contribution < -0.4 is 0 Å². The molecule has 1 aliphatic heterocycles. The lowest BCUT2D eigenvalue weighted by molar-refractivity contribution is 0.132. The van der Waals surface area contributed by atoms with Crippen molar-refractivity contribution >= 4 is 0 Å². The first-order valence-electron chi connectivity index (χ1n) is 6.51. The molecule has 0 spiro atoms. The summed E-state index contributed by atoms with van der Waals surface area (Å²) >= 11 is 0. The number of rotatable bonds is 2. The number of likely N-dealkylation sites (tertiary alicyclic amines) is 1. The van der Waals surface area contributed by atoms with Crippen LogP contribution in [0.5, 0.6) is 0 Å². The monoisotopic (exact) mass is 246 g/mol. The first-order chi connectivity index (χ1) is 8.60. The molecule has 0 amide bonds. The van der Waals surface area contributed by atoms with Gasteiger partial charge >= 0.3 is 0 Å². The van der Waals surface area contributed by atoms with Crippen molar-refractivity contribution in [2.45, 2.75) is 26.8 Å². The summed E-state index contributed by atoms with van der Waals surface area (Å²) in [7, 11) is 0. The lowest BCUT2D eigenvalue weighted by Crippen LogP contribution is -2.38. The third-order valence-corrected chi connectivity index (χ3v) is 4.00. The fourth-order valence-electron chi connectivity index (χ4n) is 2.54. The van der Waals surface area contributed by atoms with Gasteiger partial charge in [0.05, 0.1) is 11.6 Å². The first kappa shape index (κ1) is 13.0. The van der Waals surface area contributed by atoms with Crippen LogP contribution in [0.2, 0.25) is 0 Å². The van der Waals surface area contributed by atoms with Gasteiger partial charge in [0.2, 0.25) is 0 Å². The Bertz CT molecular complexity index is 464. The molecule has 0 saturated carbocycles.